The van der Waals surface area contributed by atoms with Crippen LogP contribution in [0.1, 0.15) is 25.3 Å². The SMILES string of the molecule is CC(C)c1ccc(N2CCN(C(=O)Nc3cccc(F)c3)CC2)cc1. The van der Waals surface area contributed by atoms with Gasteiger partial charge in [-0.1, -0.05) is 32.0 Å². The predicted octanol–water partition coefficient (Wildman–Crippen LogP) is 4.30. The minimum atomic E-state index is -0.354. The van der Waals surface area contributed by atoms with Gasteiger partial charge in [-0.15, -0.1) is 0 Å². The van der Waals surface area contributed by atoms with Gasteiger partial charge in [0.25, 0.3) is 0 Å². The molecule has 2 aromatic rings. The Balaban J connectivity index is 1.55. The van der Waals surface area contributed by atoms with E-state index in [1.54, 1.807) is 17.0 Å². The van der Waals surface area contributed by atoms with E-state index in [1.165, 1.54) is 23.4 Å². The fourth-order valence-corrected chi connectivity index (χ4v) is 3.01. The number of hydrogen-bond acceptors (Lipinski definition) is 2. The van der Waals surface area contributed by atoms with Crippen molar-refractivity contribution in [2.75, 3.05) is 36.4 Å². The largest absolute Gasteiger partial charge is 0.368 e. The van der Waals surface area contributed by atoms with E-state index >= 15 is 0 Å². The second-order valence-electron chi connectivity index (χ2n) is 6.66. The van der Waals surface area contributed by atoms with Gasteiger partial charge in [0.15, 0.2) is 0 Å². The van der Waals surface area contributed by atoms with E-state index in [9.17, 15) is 9.18 Å². The zero-order valence-corrected chi connectivity index (χ0v) is 14.7. The van der Waals surface area contributed by atoms with Crippen LogP contribution < -0.4 is 10.2 Å². The van der Waals surface area contributed by atoms with Gasteiger partial charge in [-0.3, -0.25) is 0 Å². The van der Waals surface area contributed by atoms with Crippen LogP contribution in [0.5, 0.6) is 0 Å². The summed E-state index contributed by atoms with van der Waals surface area (Å²) in [4.78, 5) is 16.4. The van der Waals surface area contributed by atoms with Crippen LogP contribution in [0, 0.1) is 5.82 Å². The summed E-state index contributed by atoms with van der Waals surface area (Å²) < 4.78 is 13.2. The number of nitrogens with one attached hydrogen (secondary N) is 1. The highest BCUT2D eigenvalue weighted by Crippen LogP contribution is 2.21. The third kappa shape index (κ3) is 4.29. The van der Waals surface area contributed by atoms with Crippen LogP contribution in [0.3, 0.4) is 0 Å². The number of carbonyl (C=O) groups is 1. The molecule has 1 N–H and O–H groups in total. The van der Waals surface area contributed by atoms with Crippen molar-refractivity contribution < 1.29 is 9.18 Å². The minimum Gasteiger partial charge on any atom is -0.368 e. The summed E-state index contributed by atoms with van der Waals surface area (Å²) in [6, 6.07) is 14.4. The number of benzene rings is 2. The van der Waals surface area contributed by atoms with Crippen molar-refractivity contribution in [3.05, 3.63) is 59.9 Å². The van der Waals surface area contributed by atoms with Crippen molar-refractivity contribution in [3.8, 4) is 0 Å². The number of urea groups is 1. The first-order valence-electron chi connectivity index (χ1n) is 8.69. The molecule has 0 aliphatic carbocycles. The third-order valence-corrected chi connectivity index (χ3v) is 4.57. The monoisotopic (exact) mass is 341 g/mol. The fraction of sp³-hybridized carbons (Fsp3) is 0.350. The predicted molar refractivity (Wildman–Crippen MR) is 99.7 cm³/mol. The summed E-state index contributed by atoms with van der Waals surface area (Å²) in [5.41, 5.74) is 3.00. The van der Waals surface area contributed by atoms with E-state index in [-0.39, 0.29) is 11.8 Å². The van der Waals surface area contributed by atoms with Gasteiger partial charge in [-0.2, -0.15) is 0 Å². The van der Waals surface area contributed by atoms with Gasteiger partial charge in [0.1, 0.15) is 5.82 Å². The van der Waals surface area contributed by atoms with Crippen LogP contribution in [-0.2, 0) is 0 Å². The van der Waals surface area contributed by atoms with Gasteiger partial charge in [0, 0.05) is 37.6 Å². The maximum Gasteiger partial charge on any atom is 0.321 e. The molecular weight excluding hydrogens is 317 g/mol. The molecule has 0 bridgehead atoms. The number of halogens is 1. The Kier molecular flexibility index (Phi) is 5.22. The number of amides is 2. The molecule has 0 radical (unpaired) electrons. The van der Waals surface area contributed by atoms with E-state index in [2.05, 4.69) is 48.3 Å². The van der Waals surface area contributed by atoms with Crippen molar-refractivity contribution in [1.29, 1.82) is 0 Å². The highest BCUT2D eigenvalue weighted by molar-refractivity contribution is 5.89. The molecule has 0 aromatic heterocycles. The first-order chi connectivity index (χ1) is 12.0. The third-order valence-electron chi connectivity index (χ3n) is 4.57. The summed E-state index contributed by atoms with van der Waals surface area (Å²) in [6.45, 7) is 7.24. The summed E-state index contributed by atoms with van der Waals surface area (Å²) >= 11 is 0. The van der Waals surface area contributed by atoms with Crippen LogP contribution in [-0.4, -0.2) is 37.1 Å². The van der Waals surface area contributed by atoms with Gasteiger partial charge in [-0.05, 0) is 41.8 Å². The van der Waals surface area contributed by atoms with Crippen molar-refractivity contribution >= 4 is 17.4 Å². The van der Waals surface area contributed by atoms with Crippen molar-refractivity contribution in [2.45, 2.75) is 19.8 Å². The first kappa shape index (κ1) is 17.3. The maximum atomic E-state index is 13.2. The zero-order chi connectivity index (χ0) is 17.8. The molecule has 1 saturated heterocycles. The number of rotatable bonds is 3. The van der Waals surface area contributed by atoms with Crippen molar-refractivity contribution in [3.63, 3.8) is 0 Å². The number of nitrogens with zero attached hydrogens (tertiary/aromatic N) is 2. The van der Waals surface area contributed by atoms with Gasteiger partial charge in [-0.25, -0.2) is 9.18 Å². The van der Waals surface area contributed by atoms with E-state index < -0.39 is 0 Å². The molecule has 0 spiro atoms. The summed E-state index contributed by atoms with van der Waals surface area (Å²) in [5, 5.41) is 2.76. The Morgan fingerprint density at radius 3 is 2.32 bits per heavy atom. The van der Waals surface area contributed by atoms with E-state index in [0.717, 1.165) is 13.1 Å². The minimum absolute atomic E-state index is 0.180. The Morgan fingerprint density at radius 2 is 1.72 bits per heavy atom. The lowest BCUT2D eigenvalue weighted by molar-refractivity contribution is 0.208. The lowest BCUT2D eigenvalue weighted by Crippen LogP contribution is -2.50. The Bertz CT molecular complexity index is 722. The van der Waals surface area contributed by atoms with Crippen LogP contribution in [0.2, 0.25) is 0 Å². The highest BCUT2D eigenvalue weighted by Gasteiger charge is 2.21. The topological polar surface area (TPSA) is 35.6 Å². The smallest absolute Gasteiger partial charge is 0.321 e. The van der Waals surface area contributed by atoms with E-state index in [0.29, 0.717) is 24.7 Å². The molecule has 1 heterocycles. The molecule has 2 amide bonds. The molecule has 1 aliphatic heterocycles. The quantitative estimate of drug-likeness (QED) is 0.903. The molecule has 2 aromatic carbocycles. The van der Waals surface area contributed by atoms with Crippen LogP contribution >= 0.6 is 0 Å². The normalized spacial score (nSPS) is 14.7. The summed E-state index contributed by atoms with van der Waals surface area (Å²) in [7, 11) is 0. The number of hydrogen-bond donors (Lipinski definition) is 1. The van der Waals surface area contributed by atoms with Crippen molar-refractivity contribution in [1.82, 2.24) is 4.90 Å². The lowest BCUT2D eigenvalue weighted by Gasteiger charge is -2.36. The second kappa shape index (κ2) is 7.55. The molecule has 1 aliphatic rings. The highest BCUT2D eigenvalue weighted by atomic mass is 19.1. The summed E-state index contributed by atoms with van der Waals surface area (Å²) in [5.74, 6) is 0.171. The Morgan fingerprint density at radius 1 is 1.04 bits per heavy atom. The van der Waals surface area contributed by atoms with Crippen LogP contribution in [0.4, 0.5) is 20.6 Å². The van der Waals surface area contributed by atoms with Gasteiger partial charge in [0.2, 0.25) is 0 Å². The average molecular weight is 341 g/mol. The summed E-state index contributed by atoms with van der Waals surface area (Å²) in [6.07, 6.45) is 0. The first-order valence-corrected chi connectivity index (χ1v) is 8.69. The van der Waals surface area contributed by atoms with Gasteiger partial charge >= 0.3 is 6.03 Å². The van der Waals surface area contributed by atoms with E-state index in [4.69, 9.17) is 0 Å². The molecule has 3 rings (SSSR count). The number of anilines is 2. The molecule has 132 valence electrons. The number of carbonyl (C=O) groups excluding carboxylic acids is 1. The van der Waals surface area contributed by atoms with Gasteiger partial charge < -0.3 is 15.1 Å². The molecule has 0 unspecified atom stereocenters. The molecule has 0 saturated carbocycles. The molecule has 4 nitrogen and oxygen atoms in total. The maximum absolute atomic E-state index is 13.2. The standard InChI is InChI=1S/C20H24FN3O/c1-15(2)16-6-8-19(9-7-16)23-10-12-24(13-11-23)20(25)22-18-5-3-4-17(21)14-18/h3-9,14-15H,10-13H2,1-2H3,(H,22,25). The number of piperazine rings is 1. The lowest BCUT2D eigenvalue weighted by atomic mass is 10.0. The Hall–Kier alpha value is -2.56. The second-order valence-corrected chi connectivity index (χ2v) is 6.66. The molecular formula is C20H24FN3O. The Labute approximate surface area is 148 Å². The average Bonchev–Trinajstić information content (AvgIpc) is 2.62. The van der Waals surface area contributed by atoms with Crippen molar-refractivity contribution in [2.24, 2.45) is 0 Å². The fourth-order valence-electron chi connectivity index (χ4n) is 3.01. The molecule has 0 atom stereocenters. The van der Waals surface area contributed by atoms with E-state index in [1.807, 2.05) is 0 Å². The van der Waals surface area contributed by atoms with Crippen LogP contribution in [0.25, 0.3) is 0 Å². The van der Waals surface area contributed by atoms with Crippen LogP contribution in [0.15, 0.2) is 48.5 Å². The molecule has 5 heteroatoms. The van der Waals surface area contributed by atoms with Gasteiger partial charge in [0.05, 0.1) is 0 Å². The zero-order valence-electron chi connectivity index (χ0n) is 14.7. The molecule has 1 fully saturated rings. The molecule has 25 heavy (non-hydrogen) atoms.